The number of thiophene rings is 1. The molecule has 0 bridgehead atoms. The maximum Gasteiger partial charge on any atom is 0.0424 e. The normalized spacial score (nSPS) is 12.6. The Morgan fingerprint density at radius 3 is 2.50 bits per heavy atom. The minimum Gasteiger partial charge on any atom is -0.310 e. The molecule has 1 atom stereocenters. The van der Waals surface area contributed by atoms with Crippen LogP contribution in [0.25, 0.3) is 0 Å². The summed E-state index contributed by atoms with van der Waals surface area (Å²) in [4.78, 5) is 0. The summed E-state index contributed by atoms with van der Waals surface area (Å²) in [6.45, 7) is 3.02. The lowest BCUT2D eigenvalue weighted by atomic mass is 10.0. The van der Waals surface area contributed by atoms with E-state index < -0.39 is 0 Å². The van der Waals surface area contributed by atoms with Crippen molar-refractivity contribution < 1.29 is 0 Å². The number of halogens is 2. The molecule has 0 saturated carbocycles. The summed E-state index contributed by atoms with van der Waals surface area (Å²) in [5.41, 5.74) is 2.47. The molecule has 0 spiro atoms. The molecule has 1 nitrogen and oxygen atoms in total. The molecule has 1 unspecified atom stereocenters. The standard InChI is InChI=1S/C14H15Cl2NS/c1-2-17-14(5-10-3-4-18-9-10)11-6-12(15)8-13(16)7-11/h3-4,6-9,14,17H,2,5H2,1H3. The van der Waals surface area contributed by atoms with Gasteiger partial charge < -0.3 is 5.32 Å². The van der Waals surface area contributed by atoms with Crippen LogP contribution in [0.5, 0.6) is 0 Å². The topological polar surface area (TPSA) is 12.0 Å². The van der Waals surface area contributed by atoms with E-state index >= 15 is 0 Å². The smallest absolute Gasteiger partial charge is 0.0424 e. The van der Waals surface area contributed by atoms with Gasteiger partial charge in [-0.05, 0) is 59.1 Å². The lowest BCUT2D eigenvalue weighted by Crippen LogP contribution is -2.22. The van der Waals surface area contributed by atoms with Gasteiger partial charge in [0, 0.05) is 16.1 Å². The fourth-order valence-electron chi connectivity index (χ4n) is 1.98. The number of hydrogen-bond acceptors (Lipinski definition) is 2. The fraction of sp³-hybridized carbons (Fsp3) is 0.286. The molecule has 0 aliphatic heterocycles. The largest absolute Gasteiger partial charge is 0.310 e. The average molecular weight is 300 g/mol. The van der Waals surface area contributed by atoms with E-state index in [1.54, 1.807) is 17.4 Å². The van der Waals surface area contributed by atoms with E-state index in [2.05, 4.69) is 29.1 Å². The van der Waals surface area contributed by atoms with E-state index in [1.807, 2.05) is 12.1 Å². The first-order valence-electron chi connectivity index (χ1n) is 5.89. The molecule has 1 aromatic carbocycles. The second-order valence-corrected chi connectivity index (χ2v) is 5.80. The molecule has 0 radical (unpaired) electrons. The molecule has 2 aromatic rings. The van der Waals surface area contributed by atoms with E-state index in [-0.39, 0.29) is 6.04 Å². The first-order valence-corrected chi connectivity index (χ1v) is 7.59. The Balaban J connectivity index is 2.23. The summed E-state index contributed by atoms with van der Waals surface area (Å²) in [6, 6.07) is 8.13. The zero-order valence-electron chi connectivity index (χ0n) is 10.1. The Morgan fingerprint density at radius 1 is 1.22 bits per heavy atom. The number of rotatable bonds is 5. The van der Waals surface area contributed by atoms with Crippen LogP contribution in [0.3, 0.4) is 0 Å². The van der Waals surface area contributed by atoms with Crippen molar-refractivity contribution in [3.63, 3.8) is 0 Å². The summed E-state index contributed by atoms with van der Waals surface area (Å²) >= 11 is 13.9. The van der Waals surface area contributed by atoms with Crippen molar-refractivity contribution in [2.45, 2.75) is 19.4 Å². The van der Waals surface area contributed by atoms with Gasteiger partial charge in [0.05, 0.1) is 0 Å². The van der Waals surface area contributed by atoms with E-state index in [1.165, 1.54) is 5.56 Å². The van der Waals surface area contributed by atoms with Crippen molar-refractivity contribution in [1.29, 1.82) is 0 Å². The number of benzene rings is 1. The van der Waals surface area contributed by atoms with E-state index in [0.717, 1.165) is 18.5 Å². The second-order valence-electron chi connectivity index (χ2n) is 4.15. The van der Waals surface area contributed by atoms with Gasteiger partial charge in [-0.1, -0.05) is 30.1 Å². The maximum absolute atomic E-state index is 6.07. The highest BCUT2D eigenvalue weighted by Crippen LogP contribution is 2.26. The van der Waals surface area contributed by atoms with E-state index in [4.69, 9.17) is 23.2 Å². The highest BCUT2D eigenvalue weighted by molar-refractivity contribution is 7.07. The first-order chi connectivity index (χ1) is 8.69. The van der Waals surface area contributed by atoms with Gasteiger partial charge in [0.15, 0.2) is 0 Å². The lowest BCUT2D eigenvalue weighted by Gasteiger charge is -2.18. The molecule has 4 heteroatoms. The summed E-state index contributed by atoms with van der Waals surface area (Å²) in [6.07, 6.45) is 0.952. The Bertz CT molecular complexity index is 476. The van der Waals surface area contributed by atoms with Crippen molar-refractivity contribution in [3.8, 4) is 0 Å². The Labute approximate surface area is 122 Å². The molecule has 2 rings (SSSR count). The molecule has 0 aliphatic carbocycles. The van der Waals surface area contributed by atoms with Crippen LogP contribution in [0.4, 0.5) is 0 Å². The molecule has 1 heterocycles. The quantitative estimate of drug-likeness (QED) is 0.824. The SMILES string of the molecule is CCNC(Cc1ccsc1)c1cc(Cl)cc(Cl)c1. The fourth-order valence-corrected chi connectivity index (χ4v) is 3.20. The highest BCUT2D eigenvalue weighted by atomic mass is 35.5. The van der Waals surface area contributed by atoms with Gasteiger partial charge >= 0.3 is 0 Å². The summed E-state index contributed by atoms with van der Waals surface area (Å²) in [5.74, 6) is 0. The number of hydrogen-bond donors (Lipinski definition) is 1. The van der Waals surface area contributed by atoms with Gasteiger partial charge in [0.1, 0.15) is 0 Å². The molecular weight excluding hydrogens is 285 g/mol. The van der Waals surface area contributed by atoms with Crippen molar-refractivity contribution in [3.05, 3.63) is 56.2 Å². The molecule has 1 N–H and O–H groups in total. The van der Waals surface area contributed by atoms with Crippen LogP contribution in [0.1, 0.15) is 24.1 Å². The third kappa shape index (κ3) is 3.72. The van der Waals surface area contributed by atoms with Crippen molar-refractivity contribution in [2.24, 2.45) is 0 Å². The third-order valence-corrected chi connectivity index (χ3v) is 3.93. The molecule has 0 fully saturated rings. The van der Waals surface area contributed by atoms with Crippen LogP contribution in [0.2, 0.25) is 10.0 Å². The Kier molecular flexibility index (Phi) is 5.07. The zero-order chi connectivity index (χ0) is 13.0. The van der Waals surface area contributed by atoms with Crippen LogP contribution in [0.15, 0.2) is 35.0 Å². The van der Waals surface area contributed by atoms with Gasteiger partial charge in [-0.2, -0.15) is 11.3 Å². The van der Waals surface area contributed by atoms with Crippen LogP contribution < -0.4 is 5.32 Å². The monoisotopic (exact) mass is 299 g/mol. The van der Waals surface area contributed by atoms with E-state index in [9.17, 15) is 0 Å². The minimum absolute atomic E-state index is 0.251. The van der Waals surface area contributed by atoms with Gasteiger partial charge in [0.25, 0.3) is 0 Å². The molecule has 0 aliphatic rings. The minimum atomic E-state index is 0.251. The number of likely N-dealkylation sites (N-methyl/N-ethyl adjacent to an activating group) is 1. The molecule has 18 heavy (non-hydrogen) atoms. The molecule has 96 valence electrons. The van der Waals surface area contributed by atoms with Gasteiger partial charge in [0.2, 0.25) is 0 Å². The zero-order valence-corrected chi connectivity index (χ0v) is 12.4. The highest BCUT2D eigenvalue weighted by Gasteiger charge is 2.12. The van der Waals surface area contributed by atoms with Crippen LogP contribution in [-0.2, 0) is 6.42 Å². The van der Waals surface area contributed by atoms with Crippen molar-refractivity contribution >= 4 is 34.5 Å². The Hall–Kier alpha value is -0.540. The predicted molar refractivity (Wildman–Crippen MR) is 80.9 cm³/mol. The van der Waals surface area contributed by atoms with E-state index in [0.29, 0.717) is 10.0 Å². The van der Waals surface area contributed by atoms with Gasteiger partial charge in [-0.15, -0.1) is 0 Å². The van der Waals surface area contributed by atoms with Crippen LogP contribution in [-0.4, -0.2) is 6.54 Å². The molecule has 0 saturated heterocycles. The molecule has 1 aromatic heterocycles. The van der Waals surface area contributed by atoms with Crippen LogP contribution in [0, 0.1) is 0 Å². The van der Waals surface area contributed by atoms with Crippen molar-refractivity contribution in [1.82, 2.24) is 5.32 Å². The summed E-state index contributed by atoms with van der Waals surface area (Å²) < 4.78 is 0. The van der Waals surface area contributed by atoms with Gasteiger partial charge in [-0.25, -0.2) is 0 Å². The summed E-state index contributed by atoms with van der Waals surface area (Å²) in [5, 5.41) is 9.13. The van der Waals surface area contributed by atoms with Gasteiger partial charge in [-0.3, -0.25) is 0 Å². The predicted octanol–water partition coefficient (Wildman–Crippen LogP) is 4.95. The third-order valence-electron chi connectivity index (χ3n) is 2.76. The number of nitrogens with one attached hydrogen (secondary N) is 1. The summed E-state index contributed by atoms with van der Waals surface area (Å²) in [7, 11) is 0. The van der Waals surface area contributed by atoms with Crippen LogP contribution >= 0.6 is 34.5 Å². The Morgan fingerprint density at radius 2 is 1.94 bits per heavy atom. The first kappa shape index (κ1) is 13.9. The molecular formula is C14H15Cl2NS. The second kappa shape index (κ2) is 6.58. The maximum atomic E-state index is 6.07. The average Bonchev–Trinajstić information content (AvgIpc) is 2.80. The molecule has 0 amide bonds. The van der Waals surface area contributed by atoms with Crippen molar-refractivity contribution in [2.75, 3.05) is 6.54 Å². The lowest BCUT2D eigenvalue weighted by molar-refractivity contribution is 0.550.